The Morgan fingerprint density at radius 3 is 2.88 bits per heavy atom. The van der Waals surface area contributed by atoms with Crippen molar-refractivity contribution in [1.29, 1.82) is 0 Å². The van der Waals surface area contributed by atoms with E-state index in [-0.39, 0.29) is 11.5 Å². The molecule has 4 heteroatoms. The number of fused-ring (bicyclic) bond motifs is 1. The van der Waals surface area contributed by atoms with Gasteiger partial charge in [0.25, 0.3) is 0 Å². The van der Waals surface area contributed by atoms with Crippen molar-refractivity contribution in [3.8, 4) is 0 Å². The number of aromatic amines is 1. The highest BCUT2D eigenvalue weighted by Crippen LogP contribution is 2.52. The van der Waals surface area contributed by atoms with Crippen LogP contribution in [0.3, 0.4) is 0 Å². The molecule has 1 unspecified atom stereocenters. The summed E-state index contributed by atoms with van der Waals surface area (Å²) in [5, 5.41) is 8.73. The summed E-state index contributed by atoms with van der Waals surface area (Å²) in [6.45, 7) is 2.07. The van der Waals surface area contributed by atoms with Crippen molar-refractivity contribution in [3.05, 3.63) is 28.9 Å². The smallest absolute Gasteiger partial charge is 0.132 e. The summed E-state index contributed by atoms with van der Waals surface area (Å²) in [5.74, 6) is 0. The molecule has 0 saturated heterocycles. The second-order valence-corrected chi connectivity index (χ2v) is 5.06. The van der Waals surface area contributed by atoms with Crippen molar-refractivity contribution < 1.29 is 0 Å². The topological polar surface area (TPSA) is 54.7 Å². The average Bonchev–Trinajstić information content (AvgIpc) is 3.00. The predicted octanol–water partition coefficient (Wildman–Crippen LogP) is 2.60. The lowest BCUT2D eigenvalue weighted by Gasteiger charge is -2.20. The third kappa shape index (κ3) is 1.22. The summed E-state index contributed by atoms with van der Waals surface area (Å²) in [5.41, 5.74) is 8.43. The van der Waals surface area contributed by atoms with E-state index in [1.807, 2.05) is 12.1 Å². The zero-order valence-corrected chi connectivity index (χ0v) is 9.88. The molecule has 1 aliphatic carbocycles. The van der Waals surface area contributed by atoms with Crippen molar-refractivity contribution >= 4 is 22.5 Å². The van der Waals surface area contributed by atoms with Gasteiger partial charge < -0.3 is 5.73 Å². The fourth-order valence-electron chi connectivity index (χ4n) is 2.51. The molecule has 0 spiro atoms. The van der Waals surface area contributed by atoms with Crippen LogP contribution in [0, 0.1) is 0 Å². The first-order valence-corrected chi connectivity index (χ1v) is 5.91. The molecule has 1 aromatic carbocycles. The molecular formula is C12H14ClN3. The van der Waals surface area contributed by atoms with Crippen LogP contribution in [0.4, 0.5) is 0 Å². The number of aromatic nitrogens is 2. The molecule has 84 valence electrons. The number of hydrogen-bond donors (Lipinski definition) is 2. The maximum absolute atomic E-state index is 6.09. The Morgan fingerprint density at radius 2 is 2.25 bits per heavy atom. The molecule has 0 aliphatic heterocycles. The normalized spacial score (nSPS) is 19.9. The van der Waals surface area contributed by atoms with Gasteiger partial charge in [0.05, 0.1) is 5.52 Å². The molecule has 16 heavy (non-hydrogen) atoms. The molecule has 1 heterocycles. The molecule has 0 radical (unpaired) electrons. The Morgan fingerprint density at radius 1 is 1.50 bits per heavy atom. The van der Waals surface area contributed by atoms with Gasteiger partial charge >= 0.3 is 0 Å². The van der Waals surface area contributed by atoms with Crippen LogP contribution in [0.25, 0.3) is 10.9 Å². The van der Waals surface area contributed by atoms with Crippen LogP contribution in [-0.4, -0.2) is 16.2 Å². The maximum Gasteiger partial charge on any atom is 0.132 e. The molecule has 3 N–H and O–H groups in total. The van der Waals surface area contributed by atoms with E-state index in [0.29, 0.717) is 5.15 Å². The minimum absolute atomic E-state index is 0.123. The Balaban J connectivity index is 2.25. The molecule has 3 nitrogen and oxygen atoms in total. The first-order chi connectivity index (χ1) is 7.65. The molecule has 2 aromatic rings. The van der Waals surface area contributed by atoms with E-state index in [2.05, 4.69) is 23.2 Å². The lowest BCUT2D eigenvalue weighted by atomic mass is 9.88. The largest absolute Gasteiger partial charge is 0.327 e. The number of benzene rings is 1. The van der Waals surface area contributed by atoms with Gasteiger partial charge in [0.1, 0.15) is 5.15 Å². The third-order valence-corrected chi connectivity index (χ3v) is 4.02. The highest BCUT2D eigenvalue weighted by molar-refractivity contribution is 6.34. The van der Waals surface area contributed by atoms with Crippen molar-refractivity contribution in [2.75, 3.05) is 0 Å². The minimum Gasteiger partial charge on any atom is -0.327 e. The van der Waals surface area contributed by atoms with E-state index in [9.17, 15) is 0 Å². The zero-order valence-electron chi connectivity index (χ0n) is 9.13. The van der Waals surface area contributed by atoms with E-state index < -0.39 is 0 Å². The van der Waals surface area contributed by atoms with Crippen LogP contribution in [0.1, 0.15) is 25.3 Å². The van der Waals surface area contributed by atoms with Crippen LogP contribution >= 0.6 is 11.6 Å². The lowest BCUT2D eigenvalue weighted by molar-refractivity contribution is 0.559. The Kier molecular flexibility index (Phi) is 2.03. The summed E-state index contributed by atoms with van der Waals surface area (Å²) in [6, 6.07) is 6.30. The summed E-state index contributed by atoms with van der Waals surface area (Å²) in [7, 11) is 0. The molecule has 3 rings (SSSR count). The first kappa shape index (κ1) is 10.1. The number of rotatable bonds is 2. The molecule has 0 amide bonds. The van der Waals surface area contributed by atoms with Crippen LogP contribution in [-0.2, 0) is 5.41 Å². The molecule has 1 aliphatic rings. The van der Waals surface area contributed by atoms with Crippen molar-refractivity contribution in [1.82, 2.24) is 10.2 Å². The number of H-pyrrole nitrogens is 1. The Labute approximate surface area is 99.0 Å². The number of para-hydroxylation sites is 1. The van der Waals surface area contributed by atoms with E-state index in [0.717, 1.165) is 23.7 Å². The zero-order chi connectivity index (χ0) is 11.3. The second kappa shape index (κ2) is 3.22. The van der Waals surface area contributed by atoms with Crippen LogP contribution < -0.4 is 5.73 Å². The van der Waals surface area contributed by atoms with Gasteiger partial charge in [-0.1, -0.05) is 23.7 Å². The maximum atomic E-state index is 6.09. The number of nitrogens with two attached hydrogens (primary N) is 1. The van der Waals surface area contributed by atoms with Crippen LogP contribution in [0.2, 0.25) is 5.15 Å². The SMILES string of the molecule is CC(N)C1(c2cccc3c(Cl)[nH]nc23)CC1. The molecule has 1 fully saturated rings. The van der Waals surface area contributed by atoms with Gasteiger partial charge in [-0.15, -0.1) is 0 Å². The quantitative estimate of drug-likeness (QED) is 0.841. The molecular weight excluding hydrogens is 222 g/mol. The number of nitrogens with zero attached hydrogens (tertiary/aromatic N) is 1. The average molecular weight is 236 g/mol. The Hall–Kier alpha value is -1.06. The van der Waals surface area contributed by atoms with E-state index in [1.54, 1.807) is 0 Å². The van der Waals surface area contributed by atoms with Crippen molar-refractivity contribution in [2.45, 2.75) is 31.2 Å². The predicted molar refractivity (Wildman–Crippen MR) is 65.7 cm³/mol. The van der Waals surface area contributed by atoms with E-state index >= 15 is 0 Å². The molecule has 1 atom stereocenters. The monoisotopic (exact) mass is 235 g/mol. The van der Waals surface area contributed by atoms with Gasteiger partial charge in [0.15, 0.2) is 0 Å². The van der Waals surface area contributed by atoms with Crippen LogP contribution in [0.5, 0.6) is 0 Å². The summed E-state index contributed by atoms with van der Waals surface area (Å²) >= 11 is 6.05. The minimum atomic E-state index is 0.123. The van der Waals surface area contributed by atoms with Gasteiger partial charge in [0, 0.05) is 16.8 Å². The first-order valence-electron chi connectivity index (χ1n) is 5.54. The van der Waals surface area contributed by atoms with E-state index in [1.165, 1.54) is 5.56 Å². The lowest BCUT2D eigenvalue weighted by Crippen LogP contribution is -2.31. The number of hydrogen-bond acceptors (Lipinski definition) is 2. The molecule has 1 aromatic heterocycles. The van der Waals surface area contributed by atoms with Gasteiger partial charge in [-0.2, -0.15) is 5.10 Å². The van der Waals surface area contributed by atoms with Gasteiger partial charge in [0.2, 0.25) is 0 Å². The standard InChI is InChI=1S/C12H14ClN3/c1-7(14)12(5-6-12)9-4-2-3-8-10(9)15-16-11(8)13/h2-4,7H,5-6,14H2,1H3,(H,15,16). The highest BCUT2D eigenvalue weighted by Gasteiger charge is 2.48. The molecule has 1 saturated carbocycles. The fourth-order valence-corrected chi connectivity index (χ4v) is 2.71. The fraction of sp³-hybridized carbons (Fsp3) is 0.417. The highest BCUT2D eigenvalue weighted by atomic mass is 35.5. The van der Waals surface area contributed by atoms with Gasteiger partial charge in [-0.3, -0.25) is 5.10 Å². The summed E-state index contributed by atoms with van der Waals surface area (Å²) < 4.78 is 0. The second-order valence-electron chi connectivity index (χ2n) is 4.68. The van der Waals surface area contributed by atoms with Crippen molar-refractivity contribution in [2.24, 2.45) is 5.73 Å². The van der Waals surface area contributed by atoms with Gasteiger partial charge in [-0.05, 0) is 31.4 Å². The number of halogens is 1. The molecule has 0 bridgehead atoms. The van der Waals surface area contributed by atoms with Gasteiger partial charge in [-0.25, -0.2) is 0 Å². The van der Waals surface area contributed by atoms with Crippen molar-refractivity contribution in [3.63, 3.8) is 0 Å². The Bertz CT molecular complexity index is 540. The third-order valence-electron chi connectivity index (χ3n) is 3.74. The van der Waals surface area contributed by atoms with E-state index in [4.69, 9.17) is 17.3 Å². The number of nitrogens with one attached hydrogen (secondary N) is 1. The summed E-state index contributed by atoms with van der Waals surface area (Å²) in [4.78, 5) is 0. The summed E-state index contributed by atoms with van der Waals surface area (Å²) in [6.07, 6.45) is 2.29. The van der Waals surface area contributed by atoms with Crippen LogP contribution in [0.15, 0.2) is 18.2 Å².